The number of benzene rings is 1. The molecule has 0 spiro atoms. The van der Waals surface area contributed by atoms with Crippen LogP contribution in [-0.4, -0.2) is 64.0 Å². The lowest BCUT2D eigenvalue weighted by Gasteiger charge is -2.37. The van der Waals surface area contributed by atoms with Crippen molar-refractivity contribution in [2.75, 3.05) is 38.1 Å². The summed E-state index contributed by atoms with van der Waals surface area (Å²) in [5.41, 5.74) is 2.33. The molecule has 0 radical (unpaired) electrons. The van der Waals surface area contributed by atoms with Crippen LogP contribution in [0.25, 0.3) is 11.2 Å². The molecule has 1 aliphatic rings. The van der Waals surface area contributed by atoms with Gasteiger partial charge in [-0.3, -0.25) is 4.79 Å². The molecular formula is C18H22Cl3N7O. The number of hydrogen-bond acceptors (Lipinski definition) is 6. The summed E-state index contributed by atoms with van der Waals surface area (Å²) in [6.07, 6.45) is 3.03. The Labute approximate surface area is 185 Å². The molecule has 0 aliphatic carbocycles. The van der Waals surface area contributed by atoms with Gasteiger partial charge in [-0.25, -0.2) is 15.0 Å². The van der Waals surface area contributed by atoms with Crippen molar-refractivity contribution in [2.45, 2.75) is 6.04 Å². The number of fused-ring (bicyclic) bond motifs is 1. The Morgan fingerprint density at radius 1 is 1.31 bits per heavy atom. The van der Waals surface area contributed by atoms with Crippen molar-refractivity contribution in [1.29, 1.82) is 0 Å². The van der Waals surface area contributed by atoms with E-state index in [-0.39, 0.29) is 43.3 Å². The van der Waals surface area contributed by atoms with E-state index in [4.69, 9.17) is 11.6 Å². The fourth-order valence-corrected chi connectivity index (χ4v) is 3.62. The van der Waals surface area contributed by atoms with E-state index in [1.807, 2.05) is 41.1 Å². The number of likely N-dealkylation sites (N-methyl/N-ethyl adjacent to an activating group) is 1. The average molecular weight is 459 g/mol. The fourth-order valence-electron chi connectivity index (χ4n) is 3.42. The van der Waals surface area contributed by atoms with Crippen LogP contribution in [-0.2, 0) is 4.79 Å². The minimum absolute atomic E-state index is 0. The van der Waals surface area contributed by atoms with E-state index in [2.05, 4.69) is 25.3 Å². The Bertz CT molecular complexity index is 967. The number of imidazole rings is 1. The van der Waals surface area contributed by atoms with Gasteiger partial charge in [0.2, 0.25) is 5.91 Å². The molecule has 8 nitrogen and oxygen atoms in total. The van der Waals surface area contributed by atoms with Gasteiger partial charge in [-0.1, -0.05) is 23.7 Å². The predicted molar refractivity (Wildman–Crippen MR) is 118 cm³/mol. The summed E-state index contributed by atoms with van der Waals surface area (Å²) in [5, 5.41) is 4.03. The number of anilines is 1. The molecule has 1 unspecified atom stereocenters. The van der Waals surface area contributed by atoms with E-state index < -0.39 is 0 Å². The normalized spacial score (nSPS) is 16.1. The number of hydrogen-bond donors (Lipinski definition) is 2. The van der Waals surface area contributed by atoms with Gasteiger partial charge in [0.05, 0.1) is 18.9 Å². The molecule has 2 aromatic heterocycles. The van der Waals surface area contributed by atoms with Gasteiger partial charge >= 0.3 is 0 Å². The van der Waals surface area contributed by atoms with E-state index >= 15 is 0 Å². The molecule has 1 saturated heterocycles. The van der Waals surface area contributed by atoms with E-state index in [1.54, 1.807) is 6.33 Å². The minimum Gasteiger partial charge on any atom is -0.348 e. The van der Waals surface area contributed by atoms with Crippen LogP contribution < -0.4 is 10.2 Å². The number of amides is 1. The van der Waals surface area contributed by atoms with Gasteiger partial charge in [-0.2, -0.15) is 0 Å². The second-order valence-corrected chi connectivity index (χ2v) is 6.95. The summed E-state index contributed by atoms with van der Waals surface area (Å²) < 4.78 is 0. The second kappa shape index (κ2) is 10.1. The zero-order chi connectivity index (χ0) is 18.8. The van der Waals surface area contributed by atoms with Crippen molar-refractivity contribution in [2.24, 2.45) is 0 Å². The average Bonchev–Trinajstić information content (AvgIpc) is 3.16. The third-order valence-corrected chi connectivity index (χ3v) is 4.97. The highest BCUT2D eigenvalue weighted by Crippen LogP contribution is 2.25. The number of rotatable bonds is 4. The van der Waals surface area contributed by atoms with E-state index in [9.17, 15) is 4.79 Å². The molecule has 4 rings (SSSR count). The quantitative estimate of drug-likeness (QED) is 0.624. The summed E-state index contributed by atoms with van der Waals surface area (Å²) in [4.78, 5) is 32.4. The van der Waals surface area contributed by atoms with E-state index in [0.29, 0.717) is 29.6 Å². The van der Waals surface area contributed by atoms with E-state index in [1.165, 1.54) is 6.33 Å². The third-order valence-electron chi connectivity index (χ3n) is 4.73. The van der Waals surface area contributed by atoms with Crippen LogP contribution in [0.1, 0.15) is 11.6 Å². The zero-order valence-corrected chi connectivity index (χ0v) is 18.1. The standard InChI is InChI=1S/C18H20ClN7O.2ClH/c1-25(18-16-17(22-10-21-16)23-11-24-18)9-15(27)26-6-5-20-8-14(26)12-3-2-4-13(19)7-12;;/h2-4,7,10-11,14,20H,5-6,8-9H2,1H3,(H,21,22,23,24);2*1H. The van der Waals surface area contributed by atoms with Crippen LogP contribution in [0.15, 0.2) is 36.9 Å². The maximum atomic E-state index is 13.1. The molecule has 1 aliphatic heterocycles. The largest absolute Gasteiger partial charge is 0.348 e. The van der Waals surface area contributed by atoms with Crippen LogP contribution in [0.4, 0.5) is 5.82 Å². The Morgan fingerprint density at radius 2 is 2.14 bits per heavy atom. The number of nitrogens with one attached hydrogen (secondary N) is 2. The van der Waals surface area contributed by atoms with Crippen LogP contribution in [0.3, 0.4) is 0 Å². The van der Waals surface area contributed by atoms with Crippen molar-refractivity contribution in [3.05, 3.63) is 47.5 Å². The van der Waals surface area contributed by atoms with E-state index in [0.717, 1.165) is 17.6 Å². The van der Waals surface area contributed by atoms with Gasteiger partial charge in [0, 0.05) is 31.7 Å². The van der Waals surface area contributed by atoms with Crippen molar-refractivity contribution >= 4 is 59.3 Å². The first-order valence-electron chi connectivity index (χ1n) is 8.74. The van der Waals surface area contributed by atoms with Crippen LogP contribution in [0.2, 0.25) is 5.02 Å². The third kappa shape index (κ3) is 4.90. The van der Waals surface area contributed by atoms with Gasteiger partial charge in [0.1, 0.15) is 11.8 Å². The lowest BCUT2D eigenvalue weighted by Crippen LogP contribution is -2.51. The molecule has 1 aromatic carbocycles. The zero-order valence-electron chi connectivity index (χ0n) is 15.7. The molecule has 3 aromatic rings. The molecule has 2 N–H and O–H groups in total. The number of piperazine rings is 1. The maximum absolute atomic E-state index is 13.1. The van der Waals surface area contributed by atoms with Gasteiger partial charge in [0.25, 0.3) is 0 Å². The molecule has 1 fully saturated rings. The van der Waals surface area contributed by atoms with Gasteiger partial charge < -0.3 is 20.1 Å². The minimum atomic E-state index is -0.0454. The highest BCUT2D eigenvalue weighted by atomic mass is 35.5. The number of aromatic amines is 1. The topological polar surface area (TPSA) is 90.0 Å². The van der Waals surface area contributed by atoms with Crippen LogP contribution in [0, 0.1) is 0 Å². The lowest BCUT2D eigenvalue weighted by atomic mass is 10.0. The van der Waals surface area contributed by atoms with Crippen molar-refractivity contribution < 1.29 is 4.79 Å². The number of carbonyl (C=O) groups is 1. The first-order valence-corrected chi connectivity index (χ1v) is 9.12. The number of H-pyrrole nitrogens is 1. The second-order valence-electron chi connectivity index (χ2n) is 6.52. The molecule has 3 heterocycles. The number of halogens is 3. The van der Waals surface area contributed by atoms with Gasteiger partial charge in [0.15, 0.2) is 11.5 Å². The Balaban J connectivity index is 0.00000150. The molecule has 29 heavy (non-hydrogen) atoms. The Kier molecular flexibility index (Phi) is 8.04. The predicted octanol–water partition coefficient (Wildman–Crippen LogP) is 2.46. The van der Waals surface area contributed by atoms with Crippen molar-refractivity contribution in [1.82, 2.24) is 30.2 Å². The monoisotopic (exact) mass is 457 g/mol. The number of carbonyl (C=O) groups excluding carboxylic acids is 1. The molecule has 11 heteroatoms. The Hall–Kier alpha value is -2.13. The highest BCUT2D eigenvalue weighted by Gasteiger charge is 2.29. The molecule has 1 atom stereocenters. The van der Waals surface area contributed by atoms with Crippen molar-refractivity contribution in [3.8, 4) is 0 Å². The smallest absolute Gasteiger partial charge is 0.242 e. The molecule has 156 valence electrons. The first kappa shape index (κ1) is 23.2. The molecule has 1 amide bonds. The molecular weight excluding hydrogens is 437 g/mol. The summed E-state index contributed by atoms with van der Waals surface area (Å²) in [5.74, 6) is 0.690. The fraction of sp³-hybridized carbons (Fsp3) is 0.333. The Morgan fingerprint density at radius 3 is 2.93 bits per heavy atom. The van der Waals surface area contributed by atoms with Gasteiger partial charge in [-0.15, -0.1) is 24.8 Å². The highest BCUT2D eigenvalue weighted by molar-refractivity contribution is 6.30. The SMILES string of the molecule is CN(CC(=O)N1CCNCC1c1cccc(Cl)c1)c1ncnc2nc[nH]c12.Cl.Cl. The molecule has 0 bridgehead atoms. The van der Waals surface area contributed by atoms with Gasteiger partial charge in [-0.05, 0) is 17.7 Å². The summed E-state index contributed by atoms with van der Waals surface area (Å²) in [6.45, 7) is 2.33. The molecule has 0 saturated carbocycles. The summed E-state index contributed by atoms with van der Waals surface area (Å²) >= 11 is 6.14. The van der Waals surface area contributed by atoms with Crippen LogP contribution in [0.5, 0.6) is 0 Å². The summed E-state index contributed by atoms with van der Waals surface area (Å²) in [6, 6.07) is 7.63. The van der Waals surface area contributed by atoms with Crippen LogP contribution >= 0.6 is 36.4 Å². The lowest BCUT2D eigenvalue weighted by molar-refractivity contribution is -0.133. The first-order chi connectivity index (χ1) is 13.1. The number of nitrogens with zero attached hydrogens (tertiary/aromatic N) is 5. The summed E-state index contributed by atoms with van der Waals surface area (Å²) in [7, 11) is 1.84. The van der Waals surface area contributed by atoms with Crippen molar-refractivity contribution in [3.63, 3.8) is 0 Å². The number of aromatic nitrogens is 4. The maximum Gasteiger partial charge on any atom is 0.242 e.